The molecule has 1 aromatic carbocycles. The van der Waals surface area contributed by atoms with Crippen LogP contribution in [0.25, 0.3) is 23.0 Å². The molecule has 21 heavy (non-hydrogen) atoms. The first-order valence-electron chi connectivity index (χ1n) is 6.29. The highest BCUT2D eigenvalue weighted by atomic mass is 35.5. The maximum Gasteiger partial charge on any atom is 0.328 e. The lowest BCUT2D eigenvalue weighted by Crippen LogP contribution is -1.91. The predicted molar refractivity (Wildman–Crippen MR) is 82.3 cm³/mol. The van der Waals surface area contributed by atoms with Crippen molar-refractivity contribution in [2.45, 2.75) is 0 Å². The van der Waals surface area contributed by atoms with Crippen LogP contribution in [-0.2, 0) is 4.79 Å². The average molecular weight is 299 g/mol. The molecule has 0 aliphatic heterocycles. The summed E-state index contributed by atoms with van der Waals surface area (Å²) in [6, 6.07) is 13.1. The summed E-state index contributed by atoms with van der Waals surface area (Å²) in [6.45, 7) is 0. The number of nitrogens with zero attached hydrogens (tertiary/aromatic N) is 2. The second-order valence-electron chi connectivity index (χ2n) is 4.46. The van der Waals surface area contributed by atoms with Gasteiger partial charge < -0.3 is 5.11 Å². The van der Waals surface area contributed by atoms with Gasteiger partial charge in [0.2, 0.25) is 0 Å². The molecular weight excluding hydrogens is 288 g/mol. The van der Waals surface area contributed by atoms with Gasteiger partial charge in [-0.3, -0.25) is 4.40 Å². The minimum atomic E-state index is -1.00. The molecule has 0 amide bonds. The van der Waals surface area contributed by atoms with E-state index in [4.69, 9.17) is 16.7 Å². The zero-order chi connectivity index (χ0) is 14.8. The predicted octanol–water partition coefficient (Wildman–Crippen LogP) is 3.75. The van der Waals surface area contributed by atoms with E-state index in [2.05, 4.69) is 4.98 Å². The van der Waals surface area contributed by atoms with Crippen LogP contribution in [0, 0.1) is 0 Å². The SMILES string of the molecule is O=C(O)/C=C/c1c(-c2ccccc2)nc2cc(Cl)ccn12. The Morgan fingerprint density at radius 2 is 2.00 bits per heavy atom. The molecule has 0 aliphatic rings. The fourth-order valence-electron chi connectivity index (χ4n) is 2.16. The number of rotatable bonds is 3. The molecule has 4 nitrogen and oxygen atoms in total. The Bertz CT molecular complexity index is 838. The third-order valence-corrected chi connectivity index (χ3v) is 3.29. The van der Waals surface area contributed by atoms with E-state index in [0.717, 1.165) is 17.3 Å². The number of halogens is 1. The molecule has 3 aromatic rings. The molecule has 0 spiro atoms. The van der Waals surface area contributed by atoms with E-state index in [9.17, 15) is 4.79 Å². The van der Waals surface area contributed by atoms with E-state index in [1.165, 1.54) is 0 Å². The van der Waals surface area contributed by atoms with Crippen LogP contribution in [0.1, 0.15) is 5.69 Å². The smallest absolute Gasteiger partial charge is 0.328 e. The summed E-state index contributed by atoms with van der Waals surface area (Å²) in [5.74, 6) is -1.00. The lowest BCUT2D eigenvalue weighted by atomic mass is 10.1. The van der Waals surface area contributed by atoms with Gasteiger partial charge in [-0.15, -0.1) is 0 Å². The molecule has 0 aliphatic carbocycles. The van der Waals surface area contributed by atoms with Crippen molar-refractivity contribution in [1.29, 1.82) is 0 Å². The van der Waals surface area contributed by atoms with E-state index in [1.54, 1.807) is 24.4 Å². The largest absolute Gasteiger partial charge is 0.478 e. The van der Waals surface area contributed by atoms with Gasteiger partial charge in [0.1, 0.15) is 5.65 Å². The van der Waals surface area contributed by atoms with Crippen molar-refractivity contribution in [3.8, 4) is 11.3 Å². The van der Waals surface area contributed by atoms with Crippen molar-refractivity contribution in [3.63, 3.8) is 0 Å². The number of carbonyl (C=O) groups is 1. The summed E-state index contributed by atoms with van der Waals surface area (Å²) in [6.07, 6.45) is 4.42. The Morgan fingerprint density at radius 3 is 2.71 bits per heavy atom. The number of pyridine rings is 1. The highest BCUT2D eigenvalue weighted by Crippen LogP contribution is 2.26. The van der Waals surface area contributed by atoms with Crippen LogP contribution >= 0.6 is 11.6 Å². The van der Waals surface area contributed by atoms with Crippen LogP contribution in [0.2, 0.25) is 5.02 Å². The molecule has 3 rings (SSSR count). The monoisotopic (exact) mass is 298 g/mol. The molecule has 2 heterocycles. The molecule has 0 unspecified atom stereocenters. The minimum absolute atomic E-state index is 0.584. The number of benzene rings is 1. The quantitative estimate of drug-likeness (QED) is 0.749. The van der Waals surface area contributed by atoms with E-state index in [-0.39, 0.29) is 0 Å². The first-order chi connectivity index (χ1) is 10.1. The Labute approximate surface area is 125 Å². The average Bonchev–Trinajstić information content (AvgIpc) is 2.83. The first kappa shape index (κ1) is 13.4. The van der Waals surface area contributed by atoms with Crippen LogP contribution in [0.4, 0.5) is 0 Å². The molecule has 0 atom stereocenters. The van der Waals surface area contributed by atoms with Crippen LogP contribution < -0.4 is 0 Å². The molecule has 0 saturated carbocycles. The minimum Gasteiger partial charge on any atom is -0.478 e. The molecule has 5 heteroatoms. The van der Waals surface area contributed by atoms with Crippen LogP contribution in [-0.4, -0.2) is 20.5 Å². The van der Waals surface area contributed by atoms with Gasteiger partial charge in [0.05, 0.1) is 11.4 Å². The van der Waals surface area contributed by atoms with Gasteiger partial charge in [0.25, 0.3) is 0 Å². The molecule has 2 aromatic heterocycles. The number of carboxylic acids is 1. The summed E-state index contributed by atoms with van der Waals surface area (Å²) in [7, 11) is 0. The number of carboxylic acid groups (broad SMARTS) is 1. The van der Waals surface area contributed by atoms with Crippen molar-refractivity contribution < 1.29 is 9.90 Å². The highest BCUT2D eigenvalue weighted by molar-refractivity contribution is 6.30. The number of hydrogen-bond donors (Lipinski definition) is 1. The first-order valence-corrected chi connectivity index (χ1v) is 6.67. The second kappa shape index (κ2) is 5.42. The van der Waals surface area contributed by atoms with Gasteiger partial charge in [0, 0.05) is 28.9 Å². The number of aromatic nitrogens is 2. The summed E-state index contributed by atoms with van der Waals surface area (Å²) in [5.41, 5.74) is 3.01. The number of fused-ring (bicyclic) bond motifs is 1. The highest BCUT2D eigenvalue weighted by Gasteiger charge is 2.12. The van der Waals surface area contributed by atoms with E-state index in [1.807, 2.05) is 34.7 Å². The van der Waals surface area contributed by atoms with Crippen LogP contribution in [0.3, 0.4) is 0 Å². The van der Waals surface area contributed by atoms with Gasteiger partial charge in [-0.2, -0.15) is 0 Å². The maximum absolute atomic E-state index is 10.8. The number of imidazole rings is 1. The van der Waals surface area contributed by atoms with Crippen molar-refractivity contribution >= 4 is 29.3 Å². The maximum atomic E-state index is 10.8. The molecule has 104 valence electrons. The van der Waals surface area contributed by atoms with Crippen molar-refractivity contribution in [3.05, 3.63) is 65.5 Å². The molecule has 0 saturated heterocycles. The van der Waals surface area contributed by atoms with Gasteiger partial charge in [0.15, 0.2) is 0 Å². The van der Waals surface area contributed by atoms with Gasteiger partial charge in [-0.1, -0.05) is 41.9 Å². The standard InChI is InChI=1S/C16H11ClN2O2/c17-12-8-9-19-13(6-7-15(20)21)16(18-14(19)10-12)11-4-2-1-3-5-11/h1-10H,(H,20,21)/b7-6+. The summed E-state index contributed by atoms with van der Waals surface area (Å²) < 4.78 is 1.81. The summed E-state index contributed by atoms with van der Waals surface area (Å²) in [4.78, 5) is 15.4. The van der Waals surface area contributed by atoms with Crippen molar-refractivity contribution in [2.24, 2.45) is 0 Å². The summed E-state index contributed by atoms with van der Waals surface area (Å²) >= 11 is 5.99. The topological polar surface area (TPSA) is 54.6 Å². The van der Waals surface area contributed by atoms with E-state index in [0.29, 0.717) is 16.4 Å². The lowest BCUT2D eigenvalue weighted by Gasteiger charge is -2.00. The van der Waals surface area contributed by atoms with Crippen LogP contribution in [0.5, 0.6) is 0 Å². The Balaban J connectivity index is 2.27. The zero-order valence-electron chi connectivity index (χ0n) is 10.9. The zero-order valence-corrected chi connectivity index (χ0v) is 11.7. The fraction of sp³-hybridized carbons (Fsp3) is 0. The van der Waals surface area contributed by atoms with E-state index >= 15 is 0 Å². The lowest BCUT2D eigenvalue weighted by molar-refractivity contribution is -0.131. The van der Waals surface area contributed by atoms with Crippen molar-refractivity contribution in [1.82, 2.24) is 9.38 Å². The Kier molecular flexibility index (Phi) is 3.46. The third kappa shape index (κ3) is 2.66. The van der Waals surface area contributed by atoms with Gasteiger partial charge in [-0.25, -0.2) is 9.78 Å². The summed E-state index contributed by atoms with van der Waals surface area (Å²) in [5, 5.41) is 9.44. The number of aliphatic carboxylic acids is 1. The molecule has 0 radical (unpaired) electrons. The van der Waals surface area contributed by atoms with Crippen molar-refractivity contribution in [2.75, 3.05) is 0 Å². The number of hydrogen-bond acceptors (Lipinski definition) is 2. The molecule has 0 bridgehead atoms. The molecular formula is C16H11ClN2O2. The normalized spacial score (nSPS) is 11.3. The fourth-order valence-corrected chi connectivity index (χ4v) is 2.31. The van der Waals surface area contributed by atoms with Gasteiger partial charge in [-0.05, 0) is 12.1 Å². The van der Waals surface area contributed by atoms with E-state index < -0.39 is 5.97 Å². The second-order valence-corrected chi connectivity index (χ2v) is 4.89. The molecule has 1 N–H and O–H groups in total. The Hall–Kier alpha value is -2.59. The third-order valence-electron chi connectivity index (χ3n) is 3.06. The van der Waals surface area contributed by atoms with Gasteiger partial charge >= 0.3 is 5.97 Å². The Morgan fingerprint density at radius 1 is 1.24 bits per heavy atom. The molecule has 0 fully saturated rings. The van der Waals surface area contributed by atoms with Crippen LogP contribution in [0.15, 0.2) is 54.7 Å².